The van der Waals surface area contributed by atoms with Crippen LogP contribution in [0.4, 0.5) is 0 Å². The first-order valence-electron chi connectivity index (χ1n) is 9.30. The van der Waals surface area contributed by atoms with E-state index in [2.05, 4.69) is 6.92 Å². The number of fused-ring (bicyclic) bond motifs is 3. The van der Waals surface area contributed by atoms with Crippen LogP contribution in [0.5, 0.6) is 5.75 Å². The van der Waals surface area contributed by atoms with Crippen molar-refractivity contribution in [1.29, 1.82) is 0 Å². The molecule has 1 aliphatic carbocycles. The molecule has 0 aromatic carbocycles. The van der Waals surface area contributed by atoms with Crippen molar-refractivity contribution in [3.63, 3.8) is 0 Å². The van der Waals surface area contributed by atoms with Crippen molar-refractivity contribution in [2.75, 3.05) is 13.7 Å². The highest BCUT2D eigenvalue weighted by Crippen LogP contribution is 2.53. The molecule has 140 valence electrons. The Balaban J connectivity index is 1.77. The maximum atomic E-state index is 12.2. The number of ether oxygens (including phenoxy) is 3. The second kappa shape index (κ2) is 5.98. The van der Waals surface area contributed by atoms with E-state index in [-0.39, 0.29) is 17.1 Å². The van der Waals surface area contributed by atoms with Crippen molar-refractivity contribution in [3.8, 4) is 5.75 Å². The Kier molecular flexibility index (Phi) is 3.99. The monoisotopic (exact) mass is 358 g/mol. The van der Waals surface area contributed by atoms with Crippen molar-refractivity contribution in [2.45, 2.75) is 63.6 Å². The SMILES string of the molecule is CCC(C)Oc1cc2nc(C34CCC(C)(C3)OC4)cn2cc1C(=O)OC. The van der Waals surface area contributed by atoms with Gasteiger partial charge in [-0.15, -0.1) is 0 Å². The van der Waals surface area contributed by atoms with E-state index in [0.29, 0.717) is 17.9 Å². The van der Waals surface area contributed by atoms with Gasteiger partial charge in [0.2, 0.25) is 0 Å². The van der Waals surface area contributed by atoms with E-state index in [9.17, 15) is 4.79 Å². The lowest BCUT2D eigenvalue weighted by Crippen LogP contribution is -2.26. The first kappa shape index (κ1) is 17.3. The number of hydrogen-bond acceptors (Lipinski definition) is 5. The van der Waals surface area contributed by atoms with Crippen molar-refractivity contribution < 1.29 is 19.0 Å². The standard InChI is InChI=1S/C20H26N2O4/c1-5-13(2)26-15-8-17-21-16(10-22(17)9-14(15)18(23)24-4)20-7-6-19(3,11-20)25-12-20/h8-10,13H,5-7,11-12H2,1-4H3. The highest BCUT2D eigenvalue weighted by atomic mass is 16.5. The summed E-state index contributed by atoms with van der Waals surface area (Å²) in [4.78, 5) is 17.1. The fourth-order valence-electron chi connectivity index (χ4n) is 4.18. The number of imidazole rings is 1. The van der Waals surface area contributed by atoms with Crippen LogP contribution in [0.15, 0.2) is 18.5 Å². The van der Waals surface area contributed by atoms with Gasteiger partial charge in [0.15, 0.2) is 0 Å². The smallest absolute Gasteiger partial charge is 0.343 e. The van der Waals surface area contributed by atoms with Gasteiger partial charge in [-0.3, -0.25) is 0 Å². The first-order valence-corrected chi connectivity index (χ1v) is 9.30. The average Bonchev–Trinajstić information content (AvgIpc) is 3.30. The molecular weight excluding hydrogens is 332 g/mol. The summed E-state index contributed by atoms with van der Waals surface area (Å²) in [6.45, 7) is 6.93. The van der Waals surface area contributed by atoms with Crippen molar-refractivity contribution in [2.24, 2.45) is 0 Å². The topological polar surface area (TPSA) is 62.1 Å². The molecule has 3 atom stereocenters. The largest absolute Gasteiger partial charge is 0.490 e. The zero-order valence-electron chi connectivity index (χ0n) is 15.9. The Morgan fingerprint density at radius 2 is 2.23 bits per heavy atom. The van der Waals surface area contributed by atoms with Gasteiger partial charge in [0.1, 0.15) is 17.0 Å². The van der Waals surface area contributed by atoms with Gasteiger partial charge in [0, 0.05) is 23.9 Å². The van der Waals surface area contributed by atoms with Gasteiger partial charge >= 0.3 is 5.97 Å². The molecule has 2 fully saturated rings. The predicted molar refractivity (Wildman–Crippen MR) is 96.8 cm³/mol. The lowest BCUT2D eigenvalue weighted by atomic mass is 9.84. The van der Waals surface area contributed by atoms with E-state index in [1.165, 1.54) is 7.11 Å². The molecule has 1 saturated heterocycles. The van der Waals surface area contributed by atoms with Crippen LogP contribution in [-0.2, 0) is 14.9 Å². The fourth-order valence-corrected chi connectivity index (χ4v) is 4.18. The van der Waals surface area contributed by atoms with Crippen LogP contribution in [0.2, 0.25) is 0 Å². The summed E-state index contributed by atoms with van der Waals surface area (Å²) in [6, 6.07) is 1.84. The Labute approximate surface area is 153 Å². The highest BCUT2D eigenvalue weighted by molar-refractivity contribution is 5.92. The average molecular weight is 358 g/mol. The molecule has 0 N–H and O–H groups in total. The molecule has 0 spiro atoms. The van der Waals surface area contributed by atoms with Crippen LogP contribution in [0.1, 0.15) is 62.5 Å². The predicted octanol–water partition coefficient (Wildman–Crippen LogP) is 3.51. The normalized spacial score (nSPS) is 28.5. The maximum Gasteiger partial charge on any atom is 0.343 e. The number of rotatable bonds is 5. The summed E-state index contributed by atoms with van der Waals surface area (Å²) in [5.74, 6) is 0.114. The molecule has 2 bridgehead atoms. The van der Waals surface area contributed by atoms with Gasteiger partial charge in [0.25, 0.3) is 0 Å². The molecule has 3 unspecified atom stereocenters. The van der Waals surface area contributed by atoms with E-state index < -0.39 is 5.97 Å². The quantitative estimate of drug-likeness (QED) is 0.766. The lowest BCUT2D eigenvalue weighted by Gasteiger charge is -2.24. The Hall–Kier alpha value is -2.08. The van der Waals surface area contributed by atoms with Crippen molar-refractivity contribution in [3.05, 3.63) is 29.7 Å². The fraction of sp³-hybridized carbons (Fsp3) is 0.600. The summed E-state index contributed by atoms with van der Waals surface area (Å²) in [5, 5.41) is 0. The molecule has 1 aliphatic heterocycles. The summed E-state index contributed by atoms with van der Waals surface area (Å²) in [7, 11) is 1.38. The molecule has 0 radical (unpaired) electrons. The van der Waals surface area contributed by atoms with E-state index in [4.69, 9.17) is 19.2 Å². The molecule has 1 saturated carbocycles. The Morgan fingerprint density at radius 3 is 2.81 bits per heavy atom. The van der Waals surface area contributed by atoms with Crippen LogP contribution in [0.25, 0.3) is 5.65 Å². The van der Waals surface area contributed by atoms with Gasteiger partial charge in [-0.1, -0.05) is 6.92 Å². The van der Waals surface area contributed by atoms with Crippen molar-refractivity contribution in [1.82, 2.24) is 9.38 Å². The van der Waals surface area contributed by atoms with Gasteiger partial charge in [-0.05, 0) is 39.5 Å². The molecule has 0 amide bonds. The van der Waals surface area contributed by atoms with E-state index in [1.807, 2.05) is 30.5 Å². The van der Waals surface area contributed by atoms with Crippen LogP contribution >= 0.6 is 0 Å². The number of aromatic nitrogens is 2. The number of carbonyl (C=O) groups is 1. The summed E-state index contributed by atoms with van der Waals surface area (Å²) < 4.78 is 18.8. The van der Waals surface area contributed by atoms with Gasteiger partial charge < -0.3 is 18.6 Å². The number of methoxy groups -OCH3 is 1. The van der Waals surface area contributed by atoms with E-state index in [0.717, 1.165) is 37.0 Å². The molecule has 6 heteroatoms. The summed E-state index contributed by atoms with van der Waals surface area (Å²) in [5.41, 5.74) is 2.21. The minimum absolute atomic E-state index is 0.00709. The number of esters is 1. The van der Waals surface area contributed by atoms with Crippen LogP contribution in [-0.4, -0.2) is 40.8 Å². The zero-order valence-corrected chi connectivity index (χ0v) is 15.9. The number of pyridine rings is 1. The first-order chi connectivity index (χ1) is 12.4. The third-order valence-corrected chi connectivity index (χ3v) is 5.95. The molecule has 2 aliphatic rings. The third-order valence-electron chi connectivity index (χ3n) is 5.95. The molecule has 2 aromatic heterocycles. The second-order valence-corrected chi connectivity index (χ2v) is 7.97. The molecule has 3 heterocycles. The lowest BCUT2D eigenvalue weighted by molar-refractivity contribution is -0.00627. The Morgan fingerprint density at radius 1 is 1.42 bits per heavy atom. The molecule has 26 heavy (non-hydrogen) atoms. The molecule has 4 rings (SSSR count). The highest BCUT2D eigenvalue weighted by Gasteiger charge is 2.55. The van der Waals surface area contributed by atoms with Crippen molar-refractivity contribution >= 4 is 11.6 Å². The van der Waals surface area contributed by atoms with Gasteiger partial charge in [-0.2, -0.15) is 0 Å². The van der Waals surface area contributed by atoms with Crippen LogP contribution in [0, 0.1) is 0 Å². The third kappa shape index (κ3) is 2.67. The number of carbonyl (C=O) groups excluding carboxylic acids is 1. The number of nitrogens with zero attached hydrogens (tertiary/aromatic N) is 2. The summed E-state index contributed by atoms with van der Waals surface area (Å²) >= 11 is 0. The molecular formula is C20H26N2O4. The van der Waals surface area contributed by atoms with Gasteiger partial charge in [0.05, 0.1) is 31.1 Å². The molecule has 6 nitrogen and oxygen atoms in total. The van der Waals surface area contributed by atoms with Crippen LogP contribution in [0.3, 0.4) is 0 Å². The van der Waals surface area contributed by atoms with E-state index >= 15 is 0 Å². The van der Waals surface area contributed by atoms with Crippen LogP contribution < -0.4 is 4.74 Å². The minimum atomic E-state index is -0.406. The number of hydrogen-bond donors (Lipinski definition) is 0. The Bertz CT molecular complexity index is 849. The summed E-state index contributed by atoms with van der Waals surface area (Å²) in [6.07, 6.45) is 7.80. The van der Waals surface area contributed by atoms with Gasteiger partial charge in [-0.25, -0.2) is 9.78 Å². The zero-order chi connectivity index (χ0) is 18.5. The minimum Gasteiger partial charge on any atom is -0.490 e. The molecule has 2 aromatic rings. The van der Waals surface area contributed by atoms with E-state index in [1.54, 1.807) is 6.20 Å². The maximum absolute atomic E-state index is 12.2. The second-order valence-electron chi connectivity index (χ2n) is 7.97.